The number of ether oxygens (including phenoxy) is 2. The van der Waals surface area contributed by atoms with Crippen molar-refractivity contribution in [3.05, 3.63) is 17.5 Å². The number of hydrogen-bond acceptors (Lipinski definition) is 6. The standard InChI is InChI=1S/C11H16N2O4/c1-8-5-9(12-17-8)6-13-3-4-16-10(7-13)11(14)15-2/h5,10H,3-4,6-7H2,1-2H3. The van der Waals surface area contributed by atoms with Crippen LogP contribution in [0.2, 0.25) is 0 Å². The molecule has 0 radical (unpaired) electrons. The number of rotatable bonds is 3. The van der Waals surface area contributed by atoms with Crippen molar-refractivity contribution < 1.29 is 18.8 Å². The van der Waals surface area contributed by atoms with Crippen LogP contribution >= 0.6 is 0 Å². The second-order valence-corrected chi connectivity index (χ2v) is 4.05. The van der Waals surface area contributed by atoms with Crippen molar-refractivity contribution in [2.75, 3.05) is 26.8 Å². The normalized spacial score (nSPS) is 21.4. The highest BCUT2D eigenvalue weighted by molar-refractivity contribution is 5.74. The first-order chi connectivity index (χ1) is 8.19. The molecule has 0 aromatic carbocycles. The molecule has 1 aromatic heterocycles. The molecule has 1 aliphatic heterocycles. The van der Waals surface area contributed by atoms with Gasteiger partial charge in [0.15, 0.2) is 6.10 Å². The van der Waals surface area contributed by atoms with E-state index in [0.717, 1.165) is 18.0 Å². The molecule has 0 bridgehead atoms. The van der Waals surface area contributed by atoms with E-state index in [4.69, 9.17) is 9.26 Å². The Morgan fingerprint density at radius 2 is 2.53 bits per heavy atom. The summed E-state index contributed by atoms with van der Waals surface area (Å²) in [6.45, 7) is 4.34. The molecule has 0 N–H and O–H groups in total. The number of nitrogens with zero attached hydrogens (tertiary/aromatic N) is 2. The summed E-state index contributed by atoms with van der Waals surface area (Å²) in [5.74, 6) is 0.462. The molecule has 1 saturated heterocycles. The van der Waals surface area contributed by atoms with Gasteiger partial charge in [0.25, 0.3) is 0 Å². The van der Waals surface area contributed by atoms with E-state index < -0.39 is 6.10 Å². The van der Waals surface area contributed by atoms with E-state index in [1.807, 2.05) is 13.0 Å². The molecule has 6 nitrogen and oxygen atoms in total. The molecule has 1 aliphatic rings. The molecule has 94 valence electrons. The molecule has 0 spiro atoms. The van der Waals surface area contributed by atoms with Crippen LogP contribution in [-0.4, -0.2) is 48.9 Å². The maximum absolute atomic E-state index is 11.4. The first kappa shape index (κ1) is 12.1. The molecule has 6 heteroatoms. The topological polar surface area (TPSA) is 64.8 Å². The Kier molecular flexibility index (Phi) is 3.75. The number of methoxy groups -OCH3 is 1. The third-order valence-electron chi connectivity index (χ3n) is 2.68. The zero-order chi connectivity index (χ0) is 12.3. The fourth-order valence-corrected chi connectivity index (χ4v) is 1.84. The van der Waals surface area contributed by atoms with Crippen molar-refractivity contribution in [2.24, 2.45) is 0 Å². The van der Waals surface area contributed by atoms with Crippen LogP contribution in [0.5, 0.6) is 0 Å². The summed E-state index contributed by atoms with van der Waals surface area (Å²) in [5.41, 5.74) is 0.869. The minimum atomic E-state index is -0.498. The fourth-order valence-electron chi connectivity index (χ4n) is 1.84. The molecule has 1 aromatic rings. The van der Waals surface area contributed by atoms with Crippen molar-refractivity contribution in [1.82, 2.24) is 10.1 Å². The quantitative estimate of drug-likeness (QED) is 0.711. The van der Waals surface area contributed by atoms with Gasteiger partial charge in [-0.05, 0) is 6.92 Å². The number of aromatic nitrogens is 1. The van der Waals surface area contributed by atoms with Crippen LogP contribution in [0, 0.1) is 6.92 Å². The average Bonchev–Trinajstić information content (AvgIpc) is 2.74. The molecule has 0 saturated carbocycles. The minimum absolute atomic E-state index is 0.328. The number of morpholine rings is 1. The number of esters is 1. The van der Waals surface area contributed by atoms with E-state index in [-0.39, 0.29) is 5.97 Å². The largest absolute Gasteiger partial charge is 0.467 e. The lowest BCUT2D eigenvalue weighted by Crippen LogP contribution is -2.46. The molecule has 1 unspecified atom stereocenters. The van der Waals surface area contributed by atoms with Crippen LogP contribution in [0.4, 0.5) is 0 Å². The summed E-state index contributed by atoms with van der Waals surface area (Å²) in [7, 11) is 1.37. The van der Waals surface area contributed by atoms with Crippen LogP contribution in [0.3, 0.4) is 0 Å². The predicted octanol–water partition coefficient (Wildman–Crippen LogP) is 0.357. The Labute approximate surface area is 99.5 Å². The monoisotopic (exact) mass is 240 g/mol. The van der Waals surface area contributed by atoms with Gasteiger partial charge in [-0.15, -0.1) is 0 Å². The zero-order valence-electron chi connectivity index (χ0n) is 10.0. The minimum Gasteiger partial charge on any atom is -0.467 e. The Balaban J connectivity index is 1.91. The lowest BCUT2D eigenvalue weighted by Gasteiger charge is -2.30. The van der Waals surface area contributed by atoms with Gasteiger partial charge >= 0.3 is 5.97 Å². The van der Waals surface area contributed by atoms with E-state index in [0.29, 0.717) is 19.7 Å². The Hall–Kier alpha value is -1.40. The van der Waals surface area contributed by atoms with Crippen molar-refractivity contribution in [3.63, 3.8) is 0 Å². The number of hydrogen-bond donors (Lipinski definition) is 0. The third kappa shape index (κ3) is 3.04. The maximum atomic E-state index is 11.4. The Bertz CT molecular complexity index is 391. The lowest BCUT2D eigenvalue weighted by atomic mass is 10.2. The van der Waals surface area contributed by atoms with Gasteiger partial charge in [-0.1, -0.05) is 5.16 Å². The first-order valence-electron chi connectivity index (χ1n) is 5.53. The van der Waals surface area contributed by atoms with Crippen LogP contribution in [0.25, 0.3) is 0 Å². The molecule has 1 fully saturated rings. The smallest absolute Gasteiger partial charge is 0.336 e. The SMILES string of the molecule is COC(=O)C1CN(Cc2cc(C)on2)CCO1. The second-order valence-electron chi connectivity index (χ2n) is 4.05. The summed E-state index contributed by atoms with van der Waals surface area (Å²) in [5, 5.41) is 3.93. The summed E-state index contributed by atoms with van der Waals surface area (Å²) in [4.78, 5) is 13.5. The summed E-state index contributed by atoms with van der Waals surface area (Å²) >= 11 is 0. The van der Waals surface area contributed by atoms with E-state index in [9.17, 15) is 4.79 Å². The van der Waals surface area contributed by atoms with Gasteiger partial charge in [0.05, 0.1) is 19.4 Å². The highest BCUT2D eigenvalue weighted by Crippen LogP contribution is 2.11. The van der Waals surface area contributed by atoms with Gasteiger partial charge in [0.1, 0.15) is 5.76 Å². The molecule has 2 rings (SSSR count). The number of aryl methyl sites for hydroxylation is 1. The van der Waals surface area contributed by atoms with E-state index >= 15 is 0 Å². The molecule has 0 amide bonds. The predicted molar refractivity (Wildman–Crippen MR) is 58.3 cm³/mol. The highest BCUT2D eigenvalue weighted by atomic mass is 16.6. The molecular formula is C11H16N2O4. The molecular weight excluding hydrogens is 224 g/mol. The summed E-state index contributed by atoms with van der Waals surface area (Å²) in [6, 6.07) is 1.89. The maximum Gasteiger partial charge on any atom is 0.336 e. The van der Waals surface area contributed by atoms with Crippen molar-refractivity contribution >= 4 is 5.97 Å². The van der Waals surface area contributed by atoms with Crippen LogP contribution in [0.1, 0.15) is 11.5 Å². The summed E-state index contributed by atoms with van der Waals surface area (Å²) in [6.07, 6.45) is -0.498. The van der Waals surface area contributed by atoms with Crippen molar-refractivity contribution in [1.29, 1.82) is 0 Å². The van der Waals surface area contributed by atoms with Crippen molar-refractivity contribution in [2.45, 2.75) is 19.6 Å². The first-order valence-corrected chi connectivity index (χ1v) is 5.53. The van der Waals surface area contributed by atoms with Crippen LogP contribution in [0.15, 0.2) is 10.6 Å². The molecule has 17 heavy (non-hydrogen) atoms. The molecule has 1 atom stereocenters. The van der Waals surface area contributed by atoms with Gasteiger partial charge in [0, 0.05) is 25.7 Å². The number of carbonyl (C=O) groups excluding carboxylic acids is 1. The molecule has 2 heterocycles. The van der Waals surface area contributed by atoms with Gasteiger partial charge in [0.2, 0.25) is 0 Å². The van der Waals surface area contributed by atoms with Gasteiger partial charge in [-0.25, -0.2) is 4.79 Å². The molecule has 0 aliphatic carbocycles. The third-order valence-corrected chi connectivity index (χ3v) is 2.68. The second kappa shape index (κ2) is 5.29. The summed E-state index contributed by atoms with van der Waals surface area (Å²) < 4.78 is 15.0. The van der Waals surface area contributed by atoms with E-state index in [1.54, 1.807) is 0 Å². The highest BCUT2D eigenvalue weighted by Gasteiger charge is 2.27. The van der Waals surface area contributed by atoms with Gasteiger partial charge in [-0.3, -0.25) is 4.90 Å². The average molecular weight is 240 g/mol. The number of carbonyl (C=O) groups is 1. The lowest BCUT2D eigenvalue weighted by molar-refractivity contribution is -0.160. The fraction of sp³-hybridized carbons (Fsp3) is 0.636. The van der Waals surface area contributed by atoms with Crippen molar-refractivity contribution in [3.8, 4) is 0 Å². The van der Waals surface area contributed by atoms with E-state index in [1.165, 1.54) is 7.11 Å². The van der Waals surface area contributed by atoms with E-state index in [2.05, 4.69) is 14.8 Å². The Morgan fingerprint density at radius 3 is 3.18 bits per heavy atom. The Morgan fingerprint density at radius 1 is 1.71 bits per heavy atom. The van der Waals surface area contributed by atoms with Crippen LogP contribution in [-0.2, 0) is 20.8 Å². The van der Waals surface area contributed by atoms with Gasteiger partial charge < -0.3 is 14.0 Å². The van der Waals surface area contributed by atoms with Gasteiger partial charge in [-0.2, -0.15) is 0 Å². The zero-order valence-corrected chi connectivity index (χ0v) is 10.0. The van der Waals surface area contributed by atoms with Crippen LogP contribution < -0.4 is 0 Å².